The lowest BCUT2D eigenvalue weighted by molar-refractivity contribution is -0.114. The van der Waals surface area contributed by atoms with Gasteiger partial charge in [0.2, 0.25) is 0 Å². The van der Waals surface area contributed by atoms with Crippen molar-refractivity contribution in [2.45, 2.75) is 6.92 Å². The van der Waals surface area contributed by atoms with Crippen LogP contribution in [0, 0.1) is 0 Å². The predicted molar refractivity (Wildman–Crippen MR) is 96.4 cm³/mol. The van der Waals surface area contributed by atoms with E-state index in [-0.39, 0.29) is 22.9 Å². The van der Waals surface area contributed by atoms with Gasteiger partial charge in [0.1, 0.15) is 5.82 Å². The highest BCUT2D eigenvalue weighted by molar-refractivity contribution is 6.32. The normalized spacial score (nSPS) is 15.8. The number of carbonyl (C=O) groups excluding carboxylic acids is 1. The van der Waals surface area contributed by atoms with E-state index in [9.17, 15) is 14.4 Å². The van der Waals surface area contributed by atoms with Gasteiger partial charge in [0.25, 0.3) is 11.5 Å². The standard InChI is InChI=1S/C17H17N5O3/c1-10-12(16(24)22(19-10)11-7-5-4-6-8-11)9-13-14(18)20(2)17(25)21(3)15(13)23/h4-9H,18H2,1-3H3/b12-9-. The van der Waals surface area contributed by atoms with Gasteiger partial charge in [0.05, 0.1) is 22.5 Å². The highest BCUT2D eigenvalue weighted by atomic mass is 16.2. The van der Waals surface area contributed by atoms with Crippen molar-refractivity contribution in [3.8, 4) is 0 Å². The van der Waals surface area contributed by atoms with Crippen molar-refractivity contribution in [1.82, 2.24) is 9.13 Å². The number of rotatable bonds is 2. The van der Waals surface area contributed by atoms with Crippen molar-refractivity contribution in [3.05, 3.63) is 62.3 Å². The second-order valence-corrected chi connectivity index (χ2v) is 5.70. The summed E-state index contributed by atoms with van der Waals surface area (Å²) in [6.07, 6.45) is 1.39. The summed E-state index contributed by atoms with van der Waals surface area (Å²) in [4.78, 5) is 37.0. The molecule has 0 atom stereocenters. The molecule has 2 heterocycles. The van der Waals surface area contributed by atoms with Crippen LogP contribution in [0.2, 0.25) is 0 Å². The third kappa shape index (κ3) is 2.57. The van der Waals surface area contributed by atoms with E-state index in [1.807, 2.05) is 6.07 Å². The number of amides is 1. The molecule has 8 heteroatoms. The maximum Gasteiger partial charge on any atom is 0.332 e. The molecular weight excluding hydrogens is 322 g/mol. The number of carbonyl (C=O) groups is 1. The smallest absolute Gasteiger partial charge is 0.332 e. The molecule has 0 bridgehead atoms. The van der Waals surface area contributed by atoms with Gasteiger partial charge in [-0.1, -0.05) is 18.2 Å². The molecule has 1 aliphatic rings. The number of hydrogen-bond acceptors (Lipinski definition) is 5. The summed E-state index contributed by atoms with van der Waals surface area (Å²) in [6.45, 7) is 1.68. The molecule has 0 saturated carbocycles. The van der Waals surface area contributed by atoms with Gasteiger partial charge >= 0.3 is 5.69 Å². The van der Waals surface area contributed by atoms with E-state index in [0.717, 1.165) is 9.13 Å². The average molecular weight is 339 g/mol. The van der Waals surface area contributed by atoms with Gasteiger partial charge in [0.15, 0.2) is 0 Å². The molecule has 0 unspecified atom stereocenters. The third-order valence-corrected chi connectivity index (χ3v) is 4.10. The van der Waals surface area contributed by atoms with Gasteiger partial charge in [-0.2, -0.15) is 10.1 Å². The quantitative estimate of drug-likeness (QED) is 0.803. The molecule has 128 valence electrons. The number of nitrogens with two attached hydrogens (primary N) is 1. The van der Waals surface area contributed by atoms with Crippen molar-refractivity contribution in [2.75, 3.05) is 10.7 Å². The van der Waals surface area contributed by atoms with E-state index in [1.54, 1.807) is 31.2 Å². The highest BCUT2D eigenvalue weighted by Gasteiger charge is 2.29. The summed E-state index contributed by atoms with van der Waals surface area (Å²) >= 11 is 0. The van der Waals surface area contributed by atoms with Crippen LogP contribution < -0.4 is 22.0 Å². The van der Waals surface area contributed by atoms with Crippen LogP contribution in [0.5, 0.6) is 0 Å². The second kappa shape index (κ2) is 5.90. The summed E-state index contributed by atoms with van der Waals surface area (Å²) in [5, 5.41) is 5.52. The lowest BCUT2D eigenvalue weighted by atomic mass is 10.1. The zero-order chi connectivity index (χ0) is 18.3. The molecule has 0 spiro atoms. The van der Waals surface area contributed by atoms with Crippen molar-refractivity contribution >= 4 is 29.2 Å². The third-order valence-electron chi connectivity index (χ3n) is 4.10. The van der Waals surface area contributed by atoms with Crippen molar-refractivity contribution in [1.29, 1.82) is 0 Å². The lowest BCUT2D eigenvalue weighted by Crippen LogP contribution is -2.39. The van der Waals surface area contributed by atoms with Crippen LogP contribution in [0.3, 0.4) is 0 Å². The molecule has 1 amide bonds. The molecule has 0 saturated heterocycles. The molecule has 1 aromatic carbocycles. The van der Waals surface area contributed by atoms with Crippen molar-refractivity contribution < 1.29 is 4.79 Å². The Hall–Kier alpha value is -3.42. The number of benzene rings is 1. The molecule has 0 fully saturated rings. The van der Waals surface area contributed by atoms with Crippen LogP contribution in [-0.2, 0) is 18.9 Å². The number of anilines is 2. The maximum absolute atomic E-state index is 12.7. The minimum Gasteiger partial charge on any atom is -0.384 e. The molecular formula is C17H17N5O3. The first kappa shape index (κ1) is 16.4. The summed E-state index contributed by atoms with van der Waals surface area (Å²) < 4.78 is 2.11. The van der Waals surface area contributed by atoms with Gasteiger partial charge in [-0.05, 0) is 25.1 Å². The topological polar surface area (TPSA) is 103 Å². The second-order valence-electron chi connectivity index (χ2n) is 5.70. The fourth-order valence-electron chi connectivity index (χ4n) is 2.59. The Bertz CT molecular complexity index is 1040. The number of nitrogens with zero attached hydrogens (tertiary/aromatic N) is 4. The maximum atomic E-state index is 12.7. The molecule has 2 aromatic rings. The van der Waals surface area contributed by atoms with E-state index in [2.05, 4.69) is 5.10 Å². The van der Waals surface area contributed by atoms with Crippen LogP contribution >= 0.6 is 0 Å². The van der Waals surface area contributed by atoms with Crippen LogP contribution in [0.1, 0.15) is 12.5 Å². The summed E-state index contributed by atoms with van der Waals surface area (Å²) in [6, 6.07) is 8.96. The van der Waals surface area contributed by atoms with Crippen molar-refractivity contribution in [3.63, 3.8) is 0 Å². The zero-order valence-electron chi connectivity index (χ0n) is 14.1. The molecule has 0 radical (unpaired) electrons. The van der Waals surface area contributed by atoms with E-state index in [0.29, 0.717) is 11.4 Å². The van der Waals surface area contributed by atoms with Gasteiger partial charge in [-0.15, -0.1) is 0 Å². The molecule has 0 aliphatic carbocycles. The summed E-state index contributed by atoms with van der Waals surface area (Å²) in [5.41, 5.74) is 6.24. The Morgan fingerprint density at radius 2 is 1.68 bits per heavy atom. The minimum atomic E-state index is -0.563. The Kier molecular flexibility index (Phi) is 3.88. The number of hydrogen-bond donors (Lipinski definition) is 1. The SMILES string of the molecule is CC1=NN(c2ccccc2)C(=O)/C1=C\c1c(N)n(C)c(=O)n(C)c1=O. The van der Waals surface area contributed by atoms with Crippen LogP contribution in [0.15, 0.2) is 50.6 Å². The number of nitrogen functional groups attached to an aromatic ring is 1. The molecule has 25 heavy (non-hydrogen) atoms. The predicted octanol–water partition coefficient (Wildman–Crippen LogP) is 0.472. The molecule has 1 aromatic heterocycles. The molecule has 8 nitrogen and oxygen atoms in total. The fourth-order valence-corrected chi connectivity index (χ4v) is 2.59. The van der Waals surface area contributed by atoms with Crippen LogP contribution in [0.4, 0.5) is 11.5 Å². The monoisotopic (exact) mass is 339 g/mol. The Labute approximate surface area is 143 Å². The zero-order valence-corrected chi connectivity index (χ0v) is 14.1. The summed E-state index contributed by atoms with van der Waals surface area (Å²) in [7, 11) is 2.83. The minimum absolute atomic E-state index is 0.000592. The first-order chi connectivity index (χ1) is 11.8. The van der Waals surface area contributed by atoms with Gasteiger partial charge < -0.3 is 5.73 Å². The average Bonchev–Trinajstić information content (AvgIpc) is 2.90. The number of aromatic nitrogens is 2. The lowest BCUT2D eigenvalue weighted by Gasteiger charge is -2.11. The largest absolute Gasteiger partial charge is 0.384 e. The molecule has 1 aliphatic heterocycles. The van der Waals surface area contributed by atoms with E-state index in [4.69, 9.17) is 5.73 Å². The number of para-hydroxylation sites is 1. The van der Waals surface area contributed by atoms with Gasteiger partial charge in [-0.3, -0.25) is 18.7 Å². The first-order valence-corrected chi connectivity index (χ1v) is 7.55. The van der Waals surface area contributed by atoms with E-state index < -0.39 is 11.2 Å². The van der Waals surface area contributed by atoms with E-state index >= 15 is 0 Å². The van der Waals surface area contributed by atoms with Crippen LogP contribution in [0.25, 0.3) is 6.08 Å². The number of hydrazone groups is 1. The molecule has 2 N–H and O–H groups in total. The first-order valence-electron chi connectivity index (χ1n) is 7.55. The van der Waals surface area contributed by atoms with E-state index in [1.165, 1.54) is 25.2 Å². The summed E-state index contributed by atoms with van der Waals surface area (Å²) in [5.74, 6) is -0.363. The highest BCUT2D eigenvalue weighted by Crippen LogP contribution is 2.24. The van der Waals surface area contributed by atoms with Gasteiger partial charge in [-0.25, -0.2) is 4.79 Å². The Balaban J connectivity index is 2.13. The fraction of sp³-hybridized carbons (Fsp3) is 0.176. The Morgan fingerprint density at radius 3 is 2.32 bits per heavy atom. The van der Waals surface area contributed by atoms with Gasteiger partial charge in [0, 0.05) is 14.1 Å². The Morgan fingerprint density at radius 1 is 1.04 bits per heavy atom. The van der Waals surface area contributed by atoms with Crippen LogP contribution in [-0.4, -0.2) is 20.8 Å². The molecule has 3 rings (SSSR count). The van der Waals surface area contributed by atoms with Crippen molar-refractivity contribution in [2.24, 2.45) is 19.2 Å².